The molecule has 2 aromatic rings. The molecule has 0 aliphatic carbocycles. The maximum Gasteiger partial charge on any atom is 0.269 e. The summed E-state index contributed by atoms with van der Waals surface area (Å²) in [4.78, 5) is 10.1. The molecule has 5 nitrogen and oxygen atoms in total. The Morgan fingerprint density at radius 3 is 2.57 bits per heavy atom. The molecule has 0 saturated carbocycles. The first-order valence-electron chi connectivity index (χ1n) is 5.76. The molecular formula is C14H8BrClN2O3. The summed E-state index contributed by atoms with van der Waals surface area (Å²) in [5.74, 6) is 0.389. The van der Waals surface area contributed by atoms with Gasteiger partial charge in [0, 0.05) is 17.2 Å². The van der Waals surface area contributed by atoms with Gasteiger partial charge < -0.3 is 4.74 Å². The van der Waals surface area contributed by atoms with Crippen molar-refractivity contribution in [3.63, 3.8) is 0 Å². The van der Waals surface area contributed by atoms with E-state index < -0.39 is 4.92 Å². The molecule has 21 heavy (non-hydrogen) atoms. The van der Waals surface area contributed by atoms with Crippen LogP contribution in [0.25, 0.3) is 0 Å². The quantitative estimate of drug-likeness (QED) is 0.590. The Kier molecular flexibility index (Phi) is 4.78. The molecule has 0 atom stereocenters. The molecule has 0 aliphatic heterocycles. The summed E-state index contributed by atoms with van der Waals surface area (Å²) in [5, 5.41) is 20.1. The van der Waals surface area contributed by atoms with E-state index in [2.05, 4.69) is 15.9 Å². The molecule has 2 rings (SSSR count). The van der Waals surface area contributed by atoms with Crippen molar-refractivity contribution in [3.05, 3.63) is 67.1 Å². The van der Waals surface area contributed by atoms with Crippen LogP contribution in [-0.2, 0) is 6.61 Å². The largest absolute Gasteiger partial charge is 0.486 e. The van der Waals surface area contributed by atoms with Gasteiger partial charge in [0.05, 0.1) is 15.0 Å². The van der Waals surface area contributed by atoms with E-state index in [1.807, 2.05) is 6.07 Å². The Morgan fingerprint density at radius 1 is 1.33 bits per heavy atom. The average molecular weight is 368 g/mol. The lowest BCUT2D eigenvalue weighted by Gasteiger charge is -2.10. The SMILES string of the molecule is N#Cc1cc(Cl)cc(Br)c1OCc1ccc([N+](=O)[O-])cc1. The van der Waals surface area contributed by atoms with Crippen LogP contribution in [0.2, 0.25) is 5.02 Å². The van der Waals surface area contributed by atoms with Crippen LogP contribution in [0.1, 0.15) is 11.1 Å². The number of hydrogen-bond acceptors (Lipinski definition) is 4. The van der Waals surface area contributed by atoms with E-state index in [1.54, 1.807) is 18.2 Å². The second-order valence-electron chi connectivity index (χ2n) is 4.09. The molecule has 0 bridgehead atoms. The number of rotatable bonds is 4. The van der Waals surface area contributed by atoms with E-state index >= 15 is 0 Å². The van der Waals surface area contributed by atoms with Crippen molar-refractivity contribution in [1.29, 1.82) is 5.26 Å². The van der Waals surface area contributed by atoms with Crippen LogP contribution in [0.15, 0.2) is 40.9 Å². The van der Waals surface area contributed by atoms with Gasteiger partial charge in [0.1, 0.15) is 12.7 Å². The number of ether oxygens (including phenoxy) is 1. The van der Waals surface area contributed by atoms with E-state index in [0.717, 1.165) is 5.56 Å². The van der Waals surface area contributed by atoms with Crippen LogP contribution in [0.5, 0.6) is 5.75 Å². The number of nitriles is 1. The van der Waals surface area contributed by atoms with Gasteiger partial charge in [-0.25, -0.2) is 0 Å². The first-order valence-corrected chi connectivity index (χ1v) is 6.93. The second-order valence-corrected chi connectivity index (χ2v) is 5.38. The van der Waals surface area contributed by atoms with Crippen LogP contribution in [-0.4, -0.2) is 4.92 Å². The normalized spacial score (nSPS) is 9.95. The third-order valence-electron chi connectivity index (χ3n) is 2.66. The number of halogens is 2. The van der Waals surface area contributed by atoms with Crippen LogP contribution >= 0.6 is 27.5 Å². The van der Waals surface area contributed by atoms with Crippen molar-refractivity contribution >= 4 is 33.2 Å². The zero-order chi connectivity index (χ0) is 15.4. The average Bonchev–Trinajstić information content (AvgIpc) is 2.46. The van der Waals surface area contributed by atoms with Crippen molar-refractivity contribution in [1.82, 2.24) is 0 Å². The summed E-state index contributed by atoms with van der Waals surface area (Å²) in [5.41, 5.74) is 1.09. The van der Waals surface area contributed by atoms with E-state index in [9.17, 15) is 10.1 Å². The predicted octanol–water partition coefficient (Wildman–Crippen LogP) is 4.46. The highest BCUT2D eigenvalue weighted by Gasteiger charge is 2.11. The van der Waals surface area contributed by atoms with E-state index in [0.29, 0.717) is 20.8 Å². The first-order chi connectivity index (χ1) is 10.0. The van der Waals surface area contributed by atoms with Gasteiger partial charge in [0.15, 0.2) is 5.75 Å². The minimum atomic E-state index is -0.464. The molecule has 0 heterocycles. The van der Waals surface area contributed by atoms with Crippen LogP contribution < -0.4 is 4.74 Å². The van der Waals surface area contributed by atoms with Crippen molar-refractivity contribution in [2.24, 2.45) is 0 Å². The van der Waals surface area contributed by atoms with E-state index in [4.69, 9.17) is 21.6 Å². The maximum absolute atomic E-state index is 10.6. The monoisotopic (exact) mass is 366 g/mol. The lowest BCUT2D eigenvalue weighted by atomic mass is 10.2. The van der Waals surface area contributed by atoms with Crippen molar-refractivity contribution < 1.29 is 9.66 Å². The molecule has 0 aliphatic rings. The Morgan fingerprint density at radius 2 is 2.00 bits per heavy atom. The zero-order valence-corrected chi connectivity index (χ0v) is 12.9. The van der Waals surface area contributed by atoms with Gasteiger partial charge in [0.25, 0.3) is 5.69 Å². The molecule has 106 valence electrons. The summed E-state index contributed by atoms with van der Waals surface area (Å²) in [6.45, 7) is 0.187. The van der Waals surface area contributed by atoms with Gasteiger partial charge in [-0.05, 0) is 45.8 Å². The fraction of sp³-hybridized carbons (Fsp3) is 0.0714. The van der Waals surface area contributed by atoms with Crippen molar-refractivity contribution in [3.8, 4) is 11.8 Å². The number of nitro groups is 1. The van der Waals surface area contributed by atoms with Gasteiger partial charge in [-0.3, -0.25) is 10.1 Å². The van der Waals surface area contributed by atoms with Crippen molar-refractivity contribution in [2.75, 3.05) is 0 Å². The second kappa shape index (κ2) is 6.57. The summed E-state index contributed by atoms with van der Waals surface area (Å²) >= 11 is 9.16. The molecule has 0 spiro atoms. The Balaban J connectivity index is 2.17. The molecule has 0 amide bonds. The molecule has 7 heteroatoms. The van der Waals surface area contributed by atoms with Crippen LogP contribution in [0.4, 0.5) is 5.69 Å². The maximum atomic E-state index is 10.6. The number of nitrogens with zero attached hydrogens (tertiary/aromatic N) is 2. The van der Waals surface area contributed by atoms with E-state index in [-0.39, 0.29) is 12.3 Å². The predicted molar refractivity (Wildman–Crippen MR) is 81.3 cm³/mol. The fourth-order valence-corrected chi connectivity index (χ4v) is 2.58. The molecule has 0 saturated heterocycles. The van der Waals surface area contributed by atoms with Gasteiger partial charge in [0.2, 0.25) is 0 Å². The Hall–Kier alpha value is -2.10. The van der Waals surface area contributed by atoms with Gasteiger partial charge in [-0.1, -0.05) is 11.6 Å². The summed E-state index contributed by atoms with van der Waals surface area (Å²) in [6.07, 6.45) is 0. The van der Waals surface area contributed by atoms with E-state index in [1.165, 1.54) is 18.2 Å². The molecule has 0 radical (unpaired) electrons. The topological polar surface area (TPSA) is 76.2 Å². The molecule has 0 aromatic heterocycles. The molecule has 0 fully saturated rings. The summed E-state index contributed by atoms with van der Waals surface area (Å²) < 4.78 is 6.18. The number of nitro benzene ring substituents is 1. The van der Waals surface area contributed by atoms with Crippen LogP contribution in [0, 0.1) is 21.4 Å². The summed E-state index contributed by atoms with van der Waals surface area (Å²) in [7, 11) is 0. The standard InChI is InChI=1S/C14H8BrClN2O3/c15-13-6-11(16)5-10(7-17)14(13)21-8-9-1-3-12(4-2-9)18(19)20/h1-6H,8H2. The Labute approximate surface area is 134 Å². The molecule has 2 aromatic carbocycles. The smallest absolute Gasteiger partial charge is 0.269 e. The summed E-state index contributed by atoms with van der Waals surface area (Å²) in [6, 6.07) is 11.2. The number of non-ortho nitro benzene ring substituents is 1. The van der Waals surface area contributed by atoms with Gasteiger partial charge in [-0.15, -0.1) is 0 Å². The highest BCUT2D eigenvalue weighted by molar-refractivity contribution is 9.10. The van der Waals surface area contributed by atoms with Gasteiger partial charge in [-0.2, -0.15) is 5.26 Å². The lowest BCUT2D eigenvalue weighted by Crippen LogP contribution is -1.98. The number of benzene rings is 2. The first kappa shape index (κ1) is 15.3. The highest BCUT2D eigenvalue weighted by atomic mass is 79.9. The fourth-order valence-electron chi connectivity index (χ4n) is 1.66. The molecule has 0 N–H and O–H groups in total. The minimum Gasteiger partial charge on any atom is -0.486 e. The number of hydrogen-bond donors (Lipinski definition) is 0. The molecular weight excluding hydrogens is 360 g/mol. The van der Waals surface area contributed by atoms with Gasteiger partial charge >= 0.3 is 0 Å². The third-order valence-corrected chi connectivity index (χ3v) is 3.47. The zero-order valence-electron chi connectivity index (χ0n) is 10.5. The molecule has 0 unspecified atom stereocenters. The van der Waals surface area contributed by atoms with Crippen molar-refractivity contribution in [2.45, 2.75) is 6.61 Å². The van der Waals surface area contributed by atoms with Crippen LogP contribution in [0.3, 0.4) is 0 Å². The Bertz CT molecular complexity index is 726. The highest BCUT2D eigenvalue weighted by Crippen LogP contribution is 2.32. The minimum absolute atomic E-state index is 0.0177. The third kappa shape index (κ3) is 3.72. The lowest BCUT2D eigenvalue weighted by molar-refractivity contribution is -0.384.